The van der Waals surface area contributed by atoms with Crippen molar-refractivity contribution in [1.82, 2.24) is 10.2 Å². The highest BCUT2D eigenvalue weighted by molar-refractivity contribution is 6.02. The molecule has 0 unspecified atom stereocenters. The predicted molar refractivity (Wildman–Crippen MR) is 71.5 cm³/mol. The third kappa shape index (κ3) is 3.43. The summed E-state index contributed by atoms with van der Waals surface area (Å²) in [6.07, 6.45) is 1.74. The fraction of sp³-hybridized carbons (Fsp3) is 0.143. The van der Waals surface area contributed by atoms with Crippen LogP contribution < -0.4 is 5.32 Å². The Kier molecular flexibility index (Phi) is 4.47. The molecule has 0 bridgehead atoms. The number of aromatic nitrogens is 2. The molecule has 0 aliphatic heterocycles. The summed E-state index contributed by atoms with van der Waals surface area (Å²) in [5, 5.41) is 17.3. The van der Waals surface area contributed by atoms with Gasteiger partial charge in [0, 0.05) is 18.3 Å². The number of anilines is 1. The minimum absolute atomic E-state index is 0.0626. The number of rotatable bonds is 3. The maximum Gasteiger partial charge on any atom is 0.273 e. The Labute approximate surface area is 114 Å². The second-order valence-corrected chi connectivity index (χ2v) is 3.89. The lowest BCUT2D eigenvalue weighted by Gasteiger charge is -2.04. The molecule has 6 heteroatoms. The van der Waals surface area contributed by atoms with Crippen molar-refractivity contribution in [1.29, 1.82) is 0 Å². The third-order valence-electron chi connectivity index (χ3n) is 2.43. The molecular formula is C14H12FN3O2. The van der Waals surface area contributed by atoms with E-state index in [4.69, 9.17) is 5.11 Å². The molecule has 20 heavy (non-hydrogen) atoms. The molecule has 0 fully saturated rings. The van der Waals surface area contributed by atoms with Crippen LogP contribution in [-0.4, -0.2) is 27.8 Å². The monoisotopic (exact) mass is 273 g/mol. The number of amides is 1. The van der Waals surface area contributed by atoms with Crippen LogP contribution in [0.3, 0.4) is 0 Å². The standard InChI is InChI=1S/C14H12FN3O2/c15-12-9-11(5-4-10(12)3-1-2-8-19)17-14(20)13-6-7-16-18-13/h4-7,9,19H,2,8H2,(H,16,18)(H,17,20). The van der Waals surface area contributed by atoms with Crippen LogP contribution >= 0.6 is 0 Å². The highest BCUT2D eigenvalue weighted by atomic mass is 19.1. The van der Waals surface area contributed by atoms with Gasteiger partial charge in [-0.05, 0) is 24.3 Å². The molecule has 0 radical (unpaired) electrons. The summed E-state index contributed by atoms with van der Waals surface area (Å²) < 4.78 is 13.7. The van der Waals surface area contributed by atoms with Crippen LogP contribution in [0.4, 0.5) is 10.1 Å². The molecule has 1 amide bonds. The van der Waals surface area contributed by atoms with E-state index in [-0.39, 0.29) is 24.3 Å². The van der Waals surface area contributed by atoms with Gasteiger partial charge in [0.15, 0.2) is 0 Å². The van der Waals surface area contributed by atoms with Crippen molar-refractivity contribution in [2.24, 2.45) is 0 Å². The zero-order valence-electron chi connectivity index (χ0n) is 10.5. The first kappa shape index (κ1) is 13.8. The first-order valence-corrected chi connectivity index (χ1v) is 5.90. The van der Waals surface area contributed by atoms with Crippen LogP contribution in [0.15, 0.2) is 30.5 Å². The Hall–Kier alpha value is -2.65. The Morgan fingerprint density at radius 2 is 2.30 bits per heavy atom. The minimum Gasteiger partial charge on any atom is -0.395 e. The zero-order chi connectivity index (χ0) is 14.4. The topological polar surface area (TPSA) is 78.0 Å². The molecule has 1 aromatic carbocycles. The largest absolute Gasteiger partial charge is 0.395 e. The molecule has 2 rings (SSSR count). The average Bonchev–Trinajstić information content (AvgIpc) is 2.95. The van der Waals surface area contributed by atoms with E-state index in [0.717, 1.165) is 0 Å². The van der Waals surface area contributed by atoms with E-state index in [1.165, 1.54) is 24.4 Å². The molecule has 0 saturated carbocycles. The number of H-pyrrole nitrogens is 1. The third-order valence-corrected chi connectivity index (χ3v) is 2.43. The number of halogens is 1. The smallest absolute Gasteiger partial charge is 0.273 e. The highest BCUT2D eigenvalue weighted by Crippen LogP contribution is 2.14. The highest BCUT2D eigenvalue weighted by Gasteiger charge is 2.08. The van der Waals surface area contributed by atoms with Gasteiger partial charge in [0.2, 0.25) is 0 Å². The van der Waals surface area contributed by atoms with Crippen LogP contribution in [0.1, 0.15) is 22.5 Å². The van der Waals surface area contributed by atoms with E-state index >= 15 is 0 Å². The fourth-order valence-electron chi connectivity index (χ4n) is 1.49. The van der Waals surface area contributed by atoms with E-state index in [9.17, 15) is 9.18 Å². The van der Waals surface area contributed by atoms with E-state index in [2.05, 4.69) is 27.4 Å². The molecule has 2 aromatic rings. The Balaban J connectivity index is 2.10. The van der Waals surface area contributed by atoms with Crippen LogP contribution in [0.5, 0.6) is 0 Å². The SMILES string of the molecule is O=C(Nc1ccc(C#CCCO)c(F)c1)c1ccn[nH]1. The van der Waals surface area contributed by atoms with Gasteiger partial charge in [-0.2, -0.15) is 5.10 Å². The van der Waals surface area contributed by atoms with Crippen molar-refractivity contribution in [2.45, 2.75) is 6.42 Å². The Morgan fingerprint density at radius 3 is 2.95 bits per heavy atom. The fourth-order valence-corrected chi connectivity index (χ4v) is 1.49. The first-order chi connectivity index (χ1) is 9.70. The number of benzene rings is 1. The predicted octanol–water partition coefficient (Wildman–Crippen LogP) is 1.53. The molecule has 5 nitrogen and oxygen atoms in total. The maximum atomic E-state index is 13.7. The number of hydrogen-bond acceptors (Lipinski definition) is 3. The van der Waals surface area contributed by atoms with Gasteiger partial charge in [0.1, 0.15) is 11.5 Å². The van der Waals surface area contributed by atoms with Crippen molar-refractivity contribution in [3.63, 3.8) is 0 Å². The number of aliphatic hydroxyl groups is 1. The quantitative estimate of drug-likeness (QED) is 0.742. The number of hydrogen-bond donors (Lipinski definition) is 3. The van der Waals surface area contributed by atoms with Gasteiger partial charge >= 0.3 is 0 Å². The maximum absolute atomic E-state index is 13.7. The molecule has 0 atom stereocenters. The summed E-state index contributed by atoms with van der Waals surface area (Å²) in [6, 6.07) is 5.74. The first-order valence-electron chi connectivity index (χ1n) is 5.90. The number of aliphatic hydroxyl groups excluding tert-OH is 1. The molecule has 0 aliphatic rings. The average molecular weight is 273 g/mol. The van der Waals surface area contributed by atoms with E-state index in [1.807, 2.05) is 0 Å². The lowest BCUT2D eigenvalue weighted by Crippen LogP contribution is -2.12. The van der Waals surface area contributed by atoms with Crippen LogP contribution in [0.2, 0.25) is 0 Å². The van der Waals surface area contributed by atoms with Gasteiger partial charge in [-0.3, -0.25) is 9.89 Å². The van der Waals surface area contributed by atoms with Crippen LogP contribution in [0.25, 0.3) is 0 Å². The second kappa shape index (κ2) is 6.50. The zero-order valence-corrected chi connectivity index (χ0v) is 10.5. The number of nitrogens with zero attached hydrogens (tertiary/aromatic N) is 1. The molecule has 1 aromatic heterocycles. The lowest BCUT2D eigenvalue weighted by atomic mass is 10.2. The molecule has 1 heterocycles. The Morgan fingerprint density at radius 1 is 1.45 bits per heavy atom. The minimum atomic E-state index is -0.530. The van der Waals surface area contributed by atoms with Gasteiger partial charge in [-0.1, -0.05) is 11.8 Å². The summed E-state index contributed by atoms with van der Waals surface area (Å²) in [4.78, 5) is 11.7. The van der Waals surface area contributed by atoms with Gasteiger partial charge in [0.25, 0.3) is 5.91 Å². The molecule has 0 spiro atoms. The van der Waals surface area contributed by atoms with Crippen molar-refractivity contribution in [3.05, 3.63) is 47.5 Å². The molecular weight excluding hydrogens is 261 g/mol. The number of nitrogens with one attached hydrogen (secondary N) is 2. The normalized spacial score (nSPS) is 9.70. The van der Waals surface area contributed by atoms with E-state index in [0.29, 0.717) is 5.69 Å². The molecule has 102 valence electrons. The van der Waals surface area contributed by atoms with Crippen molar-refractivity contribution in [3.8, 4) is 11.8 Å². The van der Waals surface area contributed by atoms with Crippen molar-refractivity contribution in [2.75, 3.05) is 11.9 Å². The van der Waals surface area contributed by atoms with Gasteiger partial charge < -0.3 is 10.4 Å². The van der Waals surface area contributed by atoms with E-state index in [1.54, 1.807) is 6.07 Å². The number of aromatic amines is 1. The Bertz CT molecular complexity index is 657. The number of carbonyl (C=O) groups excluding carboxylic acids is 1. The van der Waals surface area contributed by atoms with Crippen molar-refractivity contribution < 1.29 is 14.3 Å². The van der Waals surface area contributed by atoms with Crippen LogP contribution in [0, 0.1) is 17.7 Å². The second-order valence-electron chi connectivity index (χ2n) is 3.89. The number of carbonyl (C=O) groups is 1. The lowest BCUT2D eigenvalue weighted by molar-refractivity contribution is 0.102. The summed E-state index contributed by atoms with van der Waals surface area (Å²) in [6.45, 7) is -0.0626. The molecule has 3 N–H and O–H groups in total. The molecule has 0 saturated heterocycles. The summed E-state index contributed by atoms with van der Waals surface area (Å²) in [5.41, 5.74) is 0.838. The van der Waals surface area contributed by atoms with Gasteiger partial charge in [-0.25, -0.2) is 4.39 Å². The molecule has 0 aliphatic carbocycles. The summed E-state index contributed by atoms with van der Waals surface area (Å²) >= 11 is 0. The summed E-state index contributed by atoms with van der Waals surface area (Å²) in [5.74, 6) is 4.31. The van der Waals surface area contributed by atoms with Gasteiger partial charge in [-0.15, -0.1) is 0 Å². The summed E-state index contributed by atoms with van der Waals surface area (Å²) in [7, 11) is 0. The van der Waals surface area contributed by atoms with Gasteiger partial charge in [0.05, 0.1) is 12.2 Å². The van der Waals surface area contributed by atoms with E-state index < -0.39 is 11.7 Å². The van der Waals surface area contributed by atoms with Crippen molar-refractivity contribution >= 4 is 11.6 Å². The van der Waals surface area contributed by atoms with Crippen LogP contribution in [-0.2, 0) is 0 Å².